The molecule has 0 aromatic rings. The summed E-state index contributed by atoms with van der Waals surface area (Å²) in [6.07, 6.45) is 0. The first-order valence-corrected chi connectivity index (χ1v) is 23.7. The summed E-state index contributed by atoms with van der Waals surface area (Å²) < 4.78 is 49.2. The van der Waals surface area contributed by atoms with Crippen molar-refractivity contribution in [2.75, 3.05) is 169 Å². The fourth-order valence-corrected chi connectivity index (χ4v) is 33.0. The molecule has 19 nitrogen and oxygen atoms in total. The second-order valence-electron chi connectivity index (χ2n) is 13.7. The summed E-state index contributed by atoms with van der Waals surface area (Å²) in [5, 5.41) is 0. The fourth-order valence-electron chi connectivity index (χ4n) is 6.36. The van der Waals surface area contributed by atoms with E-state index in [-0.39, 0.29) is 0 Å². The van der Waals surface area contributed by atoms with E-state index >= 15 is 0 Å². The monoisotopic (exact) mass is 781 g/mol. The Morgan fingerprint density at radius 1 is 0.312 bits per heavy atom. The van der Waals surface area contributed by atoms with Crippen molar-refractivity contribution in [3.63, 3.8) is 0 Å². The summed E-state index contributed by atoms with van der Waals surface area (Å²) in [5.74, 6) is 0. The van der Waals surface area contributed by atoms with Crippen LogP contribution in [0.1, 0.15) is 0 Å². The van der Waals surface area contributed by atoms with E-state index in [1.165, 1.54) is 0 Å². The van der Waals surface area contributed by atoms with Crippen LogP contribution in [0.5, 0.6) is 0 Å². The molecule has 0 aliphatic heterocycles. The Morgan fingerprint density at radius 3 is 0.521 bits per heavy atom. The number of hydrogen-bond acceptors (Lipinski definition) is 5. The molecule has 0 rings (SSSR count). The molecule has 0 saturated carbocycles. The summed E-state index contributed by atoms with van der Waals surface area (Å²) in [6.45, 7) is 0. The van der Waals surface area contributed by atoms with Gasteiger partial charge in [0.1, 0.15) is 0 Å². The van der Waals surface area contributed by atoms with Crippen molar-refractivity contribution in [2.45, 2.75) is 0 Å². The van der Waals surface area contributed by atoms with E-state index in [1.54, 1.807) is 0 Å². The molecule has 24 heteroatoms. The van der Waals surface area contributed by atoms with Crippen LogP contribution in [0.3, 0.4) is 0 Å². The zero-order chi connectivity index (χ0) is 38.6. The summed E-state index contributed by atoms with van der Waals surface area (Å²) in [4.78, 5) is 8.64. The van der Waals surface area contributed by atoms with Crippen molar-refractivity contribution in [3.8, 4) is 0 Å². The van der Waals surface area contributed by atoms with E-state index in [1.807, 2.05) is 169 Å². The molecular weight excluding hydrogens is 709 g/mol. The van der Waals surface area contributed by atoms with Gasteiger partial charge in [-0.2, -0.15) is 0 Å². The fraction of sp³-hybridized carbons (Fsp3) is 1.00. The van der Waals surface area contributed by atoms with Crippen LogP contribution in [0.4, 0.5) is 0 Å². The minimum absolute atomic E-state index is 2.00. The van der Waals surface area contributed by atoms with Gasteiger partial charge in [0.05, 0.1) is 0 Å². The summed E-state index contributed by atoms with van der Waals surface area (Å²) >= 11 is 0. The first kappa shape index (κ1) is 48.2. The second kappa shape index (κ2) is 17.3. The van der Waals surface area contributed by atoms with Crippen LogP contribution in [-0.4, -0.2) is 225 Å². The quantitative estimate of drug-likeness (QED) is 0.0747. The van der Waals surface area contributed by atoms with E-state index in [0.29, 0.717) is 0 Å². The first-order chi connectivity index (χ1) is 21.5. The van der Waals surface area contributed by atoms with Crippen LogP contribution in [0.25, 0.3) is 10.4 Å². The summed E-state index contributed by atoms with van der Waals surface area (Å²) in [5.41, 5.74) is 11.0. The van der Waals surface area contributed by atoms with Crippen LogP contribution >= 0.6 is 37.4 Å². The van der Waals surface area contributed by atoms with Gasteiger partial charge < -0.3 is 0 Å². The van der Waals surface area contributed by atoms with Crippen LogP contribution in [0, 0.1) is 0 Å². The molecule has 0 radical (unpaired) electrons. The molecule has 0 aliphatic carbocycles. The average molecular weight is 782 g/mol. The molecule has 0 unspecified atom stereocenters. The zero-order valence-corrected chi connectivity index (χ0v) is 39.2. The topological polar surface area (TPSA) is 137 Å². The SMILES string of the molecule is CN(C)P(=NP(N=[N+]=[N-])(N=P(N(C)C)(N(C)C)N(C)C)(N=P(N(C)C)(N(C)C)N(C)C)N=P(N(C)C)(N(C)C)N(C)C)(N(C)C)N(C)C. The maximum atomic E-state index is 11.0. The molecular formula is C24H72N19P5. The second-order valence-corrected chi connectivity index (χ2v) is 32.5. The van der Waals surface area contributed by atoms with E-state index in [4.69, 9.17) is 22.9 Å². The molecule has 0 spiro atoms. The maximum absolute atomic E-state index is 11.0. The molecule has 0 heterocycles. The van der Waals surface area contributed by atoms with Gasteiger partial charge in [-0.15, -0.1) is 0 Å². The molecule has 0 amide bonds. The Kier molecular flexibility index (Phi) is 17.4. The van der Waals surface area contributed by atoms with Gasteiger partial charge in [0.2, 0.25) is 0 Å². The van der Waals surface area contributed by atoms with Crippen LogP contribution in [-0.2, 0) is 0 Å². The number of rotatable bonds is 17. The molecule has 48 heavy (non-hydrogen) atoms. The van der Waals surface area contributed by atoms with Crippen molar-refractivity contribution < 1.29 is 0 Å². The average Bonchev–Trinajstić information content (AvgIpc) is 2.90. The Morgan fingerprint density at radius 2 is 0.438 bits per heavy atom. The van der Waals surface area contributed by atoms with Gasteiger partial charge in [-0.25, -0.2) is 0 Å². The normalized spacial score (nSPS) is 15.3. The Hall–Kier alpha value is 0.180. The van der Waals surface area contributed by atoms with Gasteiger partial charge in [-0.3, -0.25) is 0 Å². The van der Waals surface area contributed by atoms with E-state index in [2.05, 4.69) is 61.0 Å². The summed E-state index contributed by atoms with van der Waals surface area (Å²) in [7, 11) is 31.1. The van der Waals surface area contributed by atoms with Crippen LogP contribution in [0.15, 0.2) is 22.9 Å². The van der Waals surface area contributed by atoms with Gasteiger partial charge >= 0.3 is 296 Å². The predicted octanol–water partition coefficient (Wildman–Crippen LogP) is 5.95. The van der Waals surface area contributed by atoms with Crippen molar-refractivity contribution in [1.82, 2.24) is 56.0 Å². The Balaban J connectivity index is 11.2. The Labute approximate surface area is 295 Å². The van der Waals surface area contributed by atoms with E-state index < -0.39 is 37.4 Å². The first-order valence-electron chi connectivity index (χ1n) is 15.3. The predicted molar refractivity (Wildman–Crippen MR) is 218 cm³/mol. The van der Waals surface area contributed by atoms with Gasteiger partial charge in [-0.05, 0) is 0 Å². The van der Waals surface area contributed by atoms with Crippen molar-refractivity contribution in [1.29, 1.82) is 0 Å². The van der Waals surface area contributed by atoms with Crippen LogP contribution in [0.2, 0.25) is 0 Å². The number of azide groups is 1. The van der Waals surface area contributed by atoms with Gasteiger partial charge in [0, 0.05) is 0 Å². The van der Waals surface area contributed by atoms with Gasteiger partial charge in [-0.1, -0.05) is 0 Å². The minimum atomic E-state index is -5.29. The third-order valence-electron chi connectivity index (χ3n) is 7.76. The molecule has 0 aromatic heterocycles. The molecule has 0 aliphatic rings. The third kappa shape index (κ3) is 8.52. The number of nitrogens with zero attached hydrogens (tertiary/aromatic N) is 19. The zero-order valence-electron chi connectivity index (χ0n) is 34.7. The molecule has 0 aromatic carbocycles. The van der Waals surface area contributed by atoms with Crippen LogP contribution < -0.4 is 0 Å². The molecule has 288 valence electrons. The van der Waals surface area contributed by atoms with E-state index in [0.717, 1.165) is 0 Å². The molecule has 0 atom stereocenters. The van der Waals surface area contributed by atoms with Gasteiger partial charge in [0.25, 0.3) is 0 Å². The molecule has 0 saturated heterocycles. The standard InChI is InChI=1S/C24H72N19P5/c1-32(2)44(33(3)4,34(5)6)28-48(27-26-25,29-45(35(7)8,36(9)10)37(11)12,30-46(38(13)14,39(15)16)40(17)18)31-47(41(19)20,42(21)22)43(23)24/h1-24H3. The van der Waals surface area contributed by atoms with Gasteiger partial charge in [0.15, 0.2) is 0 Å². The Bertz CT molecular complexity index is 1060. The van der Waals surface area contributed by atoms with E-state index in [9.17, 15) is 5.53 Å². The summed E-state index contributed by atoms with van der Waals surface area (Å²) in [6, 6.07) is 0. The molecule has 0 N–H and O–H groups in total. The van der Waals surface area contributed by atoms with Crippen molar-refractivity contribution in [3.05, 3.63) is 10.4 Å². The number of hydrogen-bond donors (Lipinski definition) is 0. The third-order valence-corrected chi connectivity index (χ3v) is 30.0. The van der Waals surface area contributed by atoms with Crippen molar-refractivity contribution in [2.24, 2.45) is 22.9 Å². The molecule has 0 fully saturated rings. The van der Waals surface area contributed by atoms with Crippen molar-refractivity contribution >= 4 is 37.4 Å². The molecule has 0 bridgehead atoms.